The van der Waals surface area contributed by atoms with Crippen LogP contribution in [0.4, 0.5) is 21.5 Å². The van der Waals surface area contributed by atoms with Crippen molar-refractivity contribution in [3.63, 3.8) is 0 Å². The molecule has 3 rings (SSSR count). The number of nitrogens with zero attached hydrogens (tertiary/aromatic N) is 1. The summed E-state index contributed by atoms with van der Waals surface area (Å²) >= 11 is 0. The molecule has 0 atom stereocenters. The molecule has 0 radical (unpaired) electrons. The maximum Gasteiger partial charge on any atom is 0.148 e. The lowest BCUT2D eigenvalue weighted by atomic mass is 10.1. The number of fused-ring (bicyclic) bond motifs is 1. The second kappa shape index (κ2) is 5.28. The van der Waals surface area contributed by atoms with E-state index < -0.39 is 5.82 Å². The Bertz CT molecular complexity index is 799. The molecule has 21 heavy (non-hydrogen) atoms. The van der Waals surface area contributed by atoms with Crippen LogP contribution in [0.15, 0.2) is 48.7 Å². The molecular formula is C16H14FN3O. The largest absolute Gasteiger partial charge is 0.495 e. The average Bonchev–Trinajstić information content (AvgIpc) is 2.50. The van der Waals surface area contributed by atoms with Crippen LogP contribution in [-0.2, 0) is 0 Å². The number of nitrogen functional groups attached to an aromatic ring is 1. The summed E-state index contributed by atoms with van der Waals surface area (Å²) in [4.78, 5) is 4.33. The highest BCUT2D eigenvalue weighted by Crippen LogP contribution is 2.31. The molecule has 0 bridgehead atoms. The van der Waals surface area contributed by atoms with E-state index in [0.717, 1.165) is 16.6 Å². The smallest absolute Gasteiger partial charge is 0.148 e. The quantitative estimate of drug-likeness (QED) is 0.719. The molecule has 0 aliphatic heterocycles. The Balaban J connectivity index is 2.07. The zero-order valence-corrected chi connectivity index (χ0v) is 11.4. The third-order valence-corrected chi connectivity index (χ3v) is 3.22. The van der Waals surface area contributed by atoms with Crippen molar-refractivity contribution in [3.05, 3.63) is 54.5 Å². The standard InChI is InChI=1S/C16H14FN3O/c1-21-15-9-14(11(17)8-12(15)18)20-13-6-2-4-10-5-3-7-19-16(10)13/h2-9,20H,18H2,1H3. The maximum absolute atomic E-state index is 14.0. The van der Waals surface area contributed by atoms with Gasteiger partial charge in [0.2, 0.25) is 0 Å². The fourth-order valence-electron chi connectivity index (χ4n) is 2.19. The van der Waals surface area contributed by atoms with Crippen LogP contribution in [0.3, 0.4) is 0 Å². The van der Waals surface area contributed by atoms with Crippen LogP contribution in [-0.4, -0.2) is 12.1 Å². The Morgan fingerprint density at radius 3 is 2.76 bits per heavy atom. The molecule has 0 fully saturated rings. The number of nitrogens with two attached hydrogens (primary N) is 1. The normalized spacial score (nSPS) is 10.6. The lowest BCUT2D eigenvalue weighted by molar-refractivity contribution is 0.416. The van der Waals surface area contributed by atoms with Gasteiger partial charge in [0.05, 0.1) is 29.7 Å². The summed E-state index contributed by atoms with van der Waals surface area (Å²) < 4.78 is 19.2. The molecule has 4 nitrogen and oxygen atoms in total. The SMILES string of the molecule is COc1cc(Nc2cccc3cccnc23)c(F)cc1N. The van der Waals surface area contributed by atoms with Gasteiger partial charge in [-0.05, 0) is 12.1 Å². The molecule has 1 heterocycles. The molecule has 0 aliphatic carbocycles. The summed E-state index contributed by atoms with van der Waals surface area (Å²) in [6, 6.07) is 12.3. The van der Waals surface area contributed by atoms with Gasteiger partial charge < -0.3 is 15.8 Å². The Morgan fingerprint density at radius 1 is 1.14 bits per heavy atom. The van der Waals surface area contributed by atoms with Gasteiger partial charge in [-0.2, -0.15) is 0 Å². The van der Waals surface area contributed by atoms with E-state index in [-0.39, 0.29) is 5.69 Å². The molecule has 0 saturated carbocycles. The molecule has 0 spiro atoms. The number of pyridine rings is 1. The van der Waals surface area contributed by atoms with Crippen molar-refractivity contribution >= 4 is 28.0 Å². The van der Waals surface area contributed by atoms with Crippen LogP contribution in [0.1, 0.15) is 0 Å². The third-order valence-electron chi connectivity index (χ3n) is 3.22. The molecule has 0 saturated heterocycles. The minimum absolute atomic E-state index is 0.261. The highest BCUT2D eigenvalue weighted by atomic mass is 19.1. The zero-order valence-electron chi connectivity index (χ0n) is 11.4. The van der Waals surface area contributed by atoms with E-state index in [1.807, 2.05) is 30.3 Å². The van der Waals surface area contributed by atoms with E-state index in [0.29, 0.717) is 11.4 Å². The minimum atomic E-state index is -0.443. The first kappa shape index (κ1) is 13.2. The van der Waals surface area contributed by atoms with Crippen molar-refractivity contribution in [3.8, 4) is 5.75 Å². The molecule has 0 amide bonds. The monoisotopic (exact) mass is 283 g/mol. The van der Waals surface area contributed by atoms with Crippen molar-refractivity contribution < 1.29 is 9.13 Å². The Kier molecular flexibility index (Phi) is 3.31. The summed E-state index contributed by atoms with van der Waals surface area (Å²) in [5, 5.41) is 4.02. The van der Waals surface area contributed by atoms with Crippen molar-refractivity contribution in [1.82, 2.24) is 4.98 Å². The topological polar surface area (TPSA) is 60.2 Å². The summed E-state index contributed by atoms with van der Waals surface area (Å²) in [5.41, 5.74) is 7.73. The van der Waals surface area contributed by atoms with Crippen LogP contribution in [0.5, 0.6) is 5.75 Å². The third kappa shape index (κ3) is 2.45. The number of rotatable bonds is 3. The highest BCUT2D eigenvalue weighted by Gasteiger charge is 2.10. The van der Waals surface area contributed by atoms with Gasteiger partial charge in [-0.15, -0.1) is 0 Å². The second-order valence-corrected chi connectivity index (χ2v) is 4.58. The van der Waals surface area contributed by atoms with Gasteiger partial charge in [-0.25, -0.2) is 4.39 Å². The van der Waals surface area contributed by atoms with E-state index in [9.17, 15) is 4.39 Å². The van der Waals surface area contributed by atoms with Gasteiger partial charge in [0.15, 0.2) is 0 Å². The van der Waals surface area contributed by atoms with Crippen LogP contribution in [0.25, 0.3) is 10.9 Å². The molecule has 3 N–H and O–H groups in total. The Labute approximate surface area is 121 Å². The zero-order chi connectivity index (χ0) is 14.8. The van der Waals surface area contributed by atoms with Crippen molar-refractivity contribution in [1.29, 1.82) is 0 Å². The number of aromatic nitrogens is 1. The van der Waals surface area contributed by atoms with Crippen LogP contribution in [0, 0.1) is 5.82 Å². The van der Waals surface area contributed by atoms with E-state index in [1.165, 1.54) is 19.2 Å². The molecule has 3 aromatic rings. The molecule has 1 aromatic heterocycles. The first-order valence-corrected chi connectivity index (χ1v) is 6.43. The first-order valence-electron chi connectivity index (χ1n) is 6.43. The fraction of sp³-hybridized carbons (Fsp3) is 0.0625. The number of hydrogen-bond donors (Lipinski definition) is 2. The van der Waals surface area contributed by atoms with Gasteiger partial charge in [0.25, 0.3) is 0 Å². The van der Waals surface area contributed by atoms with Gasteiger partial charge in [-0.3, -0.25) is 4.98 Å². The number of nitrogens with one attached hydrogen (secondary N) is 1. The van der Waals surface area contributed by atoms with Crippen molar-refractivity contribution in [2.45, 2.75) is 0 Å². The first-order chi connectivity index (χ1) is 10.2. The molecular weight excluding hydrogens is 269 g/mol. The average molecular weight is 283 g/mol. The van der Waals surface area contributed by atoms with Gasteiger partial charge >= 0.3 is 0 Å². The molecule has 0 unspecified atom stereocenters. The van der Waals surface area contributed by atoms with Crippen molar-refractivity contribution in [2.75, 3.05) is 18.2 Å². The molecule has 2 aromatic carbocycles. The number of benzene rings is 2. The van der Waals surface area contributed by atoms with Crippen molar-refractivity contribution in [2.24, 2.45) is 0 Å². The van der Waals surface area contributed by atoms with E-state index >= 15 is 0 Å². The number of para-hydroxylation sites is 1. The van der Waals surface area contributed by atoms with Gasteiger partial charge in [-0.1, -0.05) is 18.2 Å². The van der Waals surface area contributed by atoms with Gasteiger partial charge in [0.1, 0.15) is 11.6 Å². The lowest BCUT2D eigenvalue weighted by Crippen LogP contribution is -1.99. The van der Waals surface area contributed by atoms with Gasteiger partial charge in [0, 0.05) is 23.7 Å². The predicted molar refractivity (Wildman–Crippen MR) is 82.4 cm³/mol. The number of hydrogen-bond acceptors (Lipinski definition) is 4. The van der Waals surface area contributed by atoms with E-state index in [1.54, 1.807) is 6.20 Å². The minimum Gasteiger partial charge on any atom is -0.495 e. The maximum atomic E-state index is 14.0. The number of halogens is 1. The Morgan fingerprint density at radius 2 is 1.95 bits per heavy atom. The number of methoxy groups -OCH3 is 1. The molecule has 5 heteroatoms. The Hall–Kier alpha value is -2.82. The lowest BCUT2D eigenvalue weighted by Gasteiger charge is -2.12. The summed E-state index contributed by atoms with van der Waals surface area (Å²) in [5.74, 6) is -0.0201. The van der Waals surface area contributed by atoms with Crippen LogP contribution >= 0.6 is 0 Å². The highest BCUT2D eigenvalue weighted by molar-refractivity contribution is 5.92. The summed E-state index contributed by atoms with van der Waals surface area (Å²) in [6.45, 7) is 0. The summed E-state index contributed by atoms with van der Waals surface area (Å²) in [6.07, 6.45) is 1.70. The van der Waals surface area contributed by atoms with Crippen LogP contribution < -0.4 is 15.8 Å². The molecule has 0 aliphatic rings. The summed E-state index contributed by atoms with van der Waals surface area (Å²) in [7, 11) is 1.49. The van der Waals surface area contributed by atoms with E-state index in [4.69, 9.17) is 10.5 Å². The van der Waals surface area contributed by atoms with Crippen LogP contribution in [0.2, 0.25) is 0 Å². The second-order valence-electron chi connectivity index (χ2n) is 4.58. The molecule has 106 valence electrons. The number of anilines is 3. The van der Waals surface area contributed by atoms with E-state index in [2.05, 4.69) is 10.3 Å². The number of ether oxygens (including phenoxy) is 1. The predicted octanol–water partition coefficient (Wildman–Crippen LogP) is 3.71. The fourth-order valence-corrected chi connectivity index (χ4v) is 2.19.